The maximum absolute atomic E-state index is 5.23. The van der Waals surface area contributed by atoms with Crippen molar-refractivity contribution in [3.8, 4) is 5.75 Å². The van der Waals surface area contributed by atoms with Gasteiger partial charge in [-0.1, -0.05) is 6.42 Å². The van der Waals surface area contributed by atoms with Crippen LogP contribution in [0, 0.1) is 0 Å². The average molecular weight is 216 g/mol. The van der Waals surface area contributed by atoms with Crippen LogP contribution in [-0.2, 0) is 13.0 Å². The average Bonchev–Trinajstić information content (AvgIpc) is 2.50. The smallest absolute Gasteiger partial charge is 0.121 e. The van der Waals surface area contributed by atoms with Gasteiger partial charge in [0.2, 0.25) is 0 Å². The van der Waals surface area contributed by atoms with Gasteiger partial charge in [0.25, 0.3) is 0 Å². The zero-order chi connectivity index (χ0) is 11.0. The second kappa shape index (κ2) is 3.81. The Morgan fingerprint density at radius 3 is 3.06 bits per heavy atom. The Bertz CT molecular complexity index is 516. The summed E-state index contributed by atoms with van der Waals surface area (Å²) in [5.41, 5.74) is 2.31. The van der Waals surface area contributed by atoms with E-state index in [1.54, 1.807) is 7.11 Å². The van der Waals surface area contributed by atoms with E-state index in [2.05, 4.69) is 10.6 Å². The van der Waals surface area contributed by atoms with Crippen molar-refractivity contribution < 1.29 is 4.74 Å². The predicted molar refractivity (Wildman–Crippen MR) is 63.8 cm³/mol. The van der Waals surface area contributed by atoms with Crippen molar-refractivity contribution in [1.82, 2.24) is 9.55 Å². The monoisotopic (exact) mass is 216 g/mol. The highest BCUT2D eigenvalue weighted by atomic mass is 16.5. The quantitative estimate of drug-likeness (QED) is 0.733. The molecule has 0 fully saturated rings. The topological polar surface area (TPSA) is 27.1 Å². The summed E-state index contributed by atoms with van der Waals surface area (Å²) in [6.07, 6.45) is 4.96. The molecule has 0 spiro atoms. The van der Waals surface area contributed by atoms with E-state index in [0.29, 0.717) is 0 Å². The summed E-state index contributed by atoms with van der Waals surface area (Å²) in [5, 5.41) is 0. The lowest BCUT2D eigenvalue weighted by atomic mass is 10.2. The summed E-state index contributed by atoms with van der Waals surface area (Å²) >= 11 is 0. The van der Waals surface area contributed by atoms with Gasteiger partial charge in [0.15, 0.2) is 0 Å². The number of aryl methyl sites for hydroxylation is 2. The number of hydrogen-bond acceptors (Lipinski definition) is 2. The molecule has 2 heterocycles. The molecule has 3 rings (SSSR count). The zero-order valence-corrected chi connectivity index (χ0v) is 9.57. The number of methoxy groups -OCH3 is 1. The predicted octanol–water partition coefficient (Wildman–Crippen LogP) is 2.77. The van der Waals surface area contributed by atoms with Gasteiger partial charge in [-0.15, -0.1) is 0 Å². The Morgan fingerprint density at radius 1 is 1.25 bits per heavy atom. The molecular formula is C13H16N2O. The second-order valence-corrected chi connectivity index (χ2v) is 4.34. The minimum absolute atomic E-state index is 0.890. The molecule has 1 aliphatic heterocycles. The first kappa shape index (κ1) is 9.70. The summed E-state index contributed by atoms with van der Waals surface area (Å²) in [4.78, 5) is 4.70. The number of hydrogen-bond donors (Lipinski definition) is 0. The lowest BCUT2D eigenvalue weighted by Crippen LogP contribution is -1.99. The zero-order valence-electron chi connectivity index (χ0n) is 9.57. The van der Waals surface area contributed by atoms with E-state index < -0.39 is 0 Å². The molecule has 0 aliphatic carbocycles. The minimum atomic E-state index is 0.890. The Hall–Kier alpha value is -1.51. The van der Waals surface area contributed by atoms with E-state index in [-0.39, 0.29) is 0 Å². The molecule has 0 saturated heterocycles. The SMILES string of the molecule is COc1ccc2c(c1)nc1n2CCCCC1. The van der Waals surface area contributed by atoms with Crippen molar-refractivity contribution in [1.29, 1.82) is 0 Å². The molecule has 2 aromatic rings. The third-order valence-electron chi connectivity index (χ3n) is 3.32. The summed E-state index contributed by atoms with van der Waals surface area (Å²) in [5.74, 6) is 2.13. The second-order valence-electron chi connectivity index (χ2n) is 4.34. The van der Waals surface area contributed by atoms with Gasteiger partial charge in [0.05, 0.1) is 18.1 Å². The van der Waals surface area contributed by atoms with Crippen LogP contribution in [0.25, 0.3) is 11.0 Å². The first-order valence-corrected chi connectivity index (χ1v) is 5.91. The van der Waals surface area contributed by atoms with E-state index in [1.165, 1.54) is 30.6 Å². The molecule has 84 valence electrons. The van der Waals surface area contributed by atoms with Crippen LogP contribution in [0.4, 0.5) is 0 Å². The Balaban J connectivity index is 2.17. The lowest BCUT2D eigenvalue weighted by molar-refractivity contribution is 0.415. The van der Waals surface area contributed by atoms with Crippen LogP contribution >= 0.6 is 0 Å². The molecule has 1 aromatic heterocycles. The van der Waals surface area contributed by atoms with Crippen molar-refractivity contribution in [3.63, 3.8) is 0 Å². The normalized spacial score (nSPS) is 15.8. The van der Waals surface area contributed by atoms with Crippen LogP contribution in [0.3, 0.4) is 0 Å². The summed E-state index contributed by atoms with van der Waals surface area (Å²) in [6, 6.07) is 6.16. The molecule has 3 heteroatoms. The highest BCUT2D eigenvalue weighted by molar-refractivity contribution is 5.77. The maximum atomic E-state index is 5.23. The third kappa shape index (κ3) is 1.47. The van der Waals surface area contributed by atoms with E-state index in [0.717, 1.165) is 24.2 Å². The first-order valence-electron chi connectivity index (χ1n) is 5.91. The largest absolute Gasteiger partial charge is 0.497 e. The molecule has 16 heavy (non-hydrogen) atoms. The third-order valence-corrected chi connectivity index (χ3v) is 3.32. The van der Waals surface area contributed by atoms with Gasteiger partial charge < -0.3 is 9.30 Å². The van der Waals surface area contributed by atoms with Crippen molar-refractivity contribution in [2.24, 2.45) is 0 Å². The number of ether oxygens (including phenoxy) is 1. The fraction of sp³-hybridized carbons (Fsp3) is 0.462. The molecule has 1 aliphatic rings. The van der Waals surface area contributed by atoms with Crippen LogP contribution in [0.15, 0.2) is 18.2 Å². The van der Waals surface area contributed by atoms with Gasteiger partial charge in [-0.3, -0.25) is 0 Å². The van der Waals surface area contributed by atoms with Crippen molar-refractivity contribution in [2.75, 3.05) is 7.11 Å². The maximum Gasteiger partial charge on any atom is 0.121 e. The van der Waals surface area contributed by atoms with Crippen LogP contribution in [0.5, 0.6) is 5.75 Å². The fourth-order valence-electron chi connectivity index (χ4n) is 2.46. The standard InChI is InChI=1S/C13H16N2O/c1-16-10-6-7-12-11(9-10)14-13-5-3-2-4-8-15(12)13/h6-7,9H,2-5,8H2,1H3. The summed E-state index contributed by atoms with van der Waals surface area (Å²) in [6.45, 7) is 1.11. The summed E-state index contributed by atoms with van der Waals surface area (Å²) < 4.78 is 7.59. The van der Waals surface area contributed by atoms with E-state index in [4.69, 9.17) is 9.72 Å². The molecule has 3 nitrogen and oxygen atoms in total. The highest BCUT2D eigenvalue weighted by Crippen LogP contribution is 2.24. The van der Waals surface area contributed by atoms with Crippen LogP contribution in [-0.4, -0.2) is 16.7 Å². The van der Waals surface area contributed by atoms with Crippen LogP contribution in [0.1, 0.15) is 25.1 Å². The Kier molecular flexibility index (Phi) is 2.31. The number of fused-ring (bicyclic) bond motifs is 3. The van der Waals surface area contributed by atoms with Gasteiger partial charge in [-0.05, 0) is 25.0 Å². The number of aromatic nitrogens is 2. The number of imidazole rings is 1. The van der Waals surface area contributed by atoms with E-state index in [9.17, 15) is 0 Å². The van der Waals surface area contributed by atoms with Crippen molar-refractivity contribution >= 4 is 11.0 Å². The molecule has 0 bridgehead atoms. The minimum Gasteiger partial charge on any atom is -0.497 e. The summed E-state index contributed by atoms with van der Waals surface area (Å²) in [7, 11) is 1.70. The van der Waals surface area contributed by atoms with Gasteiger partial charge in [-0.25, -0.2) is 4.98 Å². The van der Waals surface area contributed by atoms with Crippen molar-refractivity contribution in [3.05, 3.63) is 24.0 Å². The van der Waals surface area contributed by atoms with E-state index in [1.807, 2.05) is 12.1 Å². The molecule has 1 aromatic carbocycles. The number of benzene rings is 1. The molecule has 0 unspecified atom stereocenters. The van der Waals surface area contributed by atoms with Gasteiger partial charge in [0.1, 0.15) is 11.6 Å². The van der Waals surface area contributed by atoms with Gasteiger partial charge in [0, 0.05) is 19.0 Å². The number of nitrogens with zero attached hydrogens (tertiary/aromatic N) is 2. The first-order chi connectivity index (χ1) is 7.88. The molecule has 0 N–H and O–H groups in total. The Labute approximate surface area is 95.0 Å². The molecular weight excluding hydrogens is 200 g/mol. The Morgan fingerprint density at radius 2 is 2.19 bits per heavy atom. The van der Waals surface area contributed by atoms with Crippen LogP contribution in [0.2, 0.25) is 0 Å². The molecule has 0 amide bonds. The van der Waals surface area contributed by atoms with E-state index >= 15 is 0 Å². The molecule has 0 atom stereocenters. The number of rotatable bonds is 1. The highest BCUT2D eigenvalue weighted by Gasteiger charge is 2.13. The molecule has 0 radical (unpaired) electrons. The van der Waals surface area contributed by atoms with Gasteiger partial charge >= 0.3 is 0 Å². The fourth-order valence-corrected chi connectivity index (χ4v) is 2.46. The lowest BCUT2D eigenvalue weighted by Gasteiger charge is -2.04. The molecule has 0 saturated carbocycles. The van der Waals surface area contributed by atoms with Crippen LogP contribution < -0.4 is 4.74 Å². The van der Waals surface area contributed by atoms with Gasteiger partial charge in [-0.2, -0.15) is 0 Å². The van der Waals surface area contributed by atoms with Crippen molar-refractivity contribution in [2.45, 2.75) is 32.2 Å².